The zero-order valence-electron chi connectivity index (χ0n) is 11.6. The SMILES string of the molecule is CC(=O)Nc1cccc(NC(=O)NCc2ccccn2)c1. The Kier molecular flexibility index (Phi) is 4.87. The van der Waals surface area contributed by atoms with E-state index in [-0.39, 0.29) is 11.9 Å². The highest BCUT2D eigenvalue weighted by Gasteiger charge is 2.03. The summed E-state index contributed by atoms with van der Waals surface area (Å²) in [6.45, 7) is 1.78. The maximum Gasteiger partial charge on any atom is 0.319 e. The molecule has 0 bridgehead atoms. The Balaban J connectivity index is 1.89. The molecule has 108 valence electrons. The average molecular weight is 284 g/mol. The van der Waals surface area contributed by atoms with Gasteiger partial charge in [0.1, 0.15) is 0 Å². The molecule has 0 fully saturated rings. The number of hydrogen-bond acceptors (Lipinski definition) is 3. The van der Waals surface area contributed by atoms with E-state index in [1.807, 2.05) is 18.2 Å². The highest BCUT2D eigenvalue weighted by Crippen LogP contribution is 2.14. The highest BCUT2D eigenvalue weighted by atomic mass is 16.2. The second-order valence-electron chi connectivity index (χ2n) is 4.39. The van der Waals surface area contributed by atoms with Gasteiger partial charge in [-0.15, -0.1) is 0 Å². The zero-order chi connectivity index (χ0) is 15.1. The third kappa shape index (κ3) is 4.94. The summed E-state index contributed by atoms with van der Waals surface area (Å²) in [5.74, 6) is -0.160. The average Bonchev–Trinajstić information content (AvgIpc) is 2.46. The molecule has 0 radical (unpaired) electrons. The van der Waals surface area contributed by atoms with Gasteiger partial charge in [0.25, 0.3) is 0 Å². The Morgan fingerprint density at radius 2 is 1.81 bits per heavy atom. The molecule has 6 nitrogen and oxygen atoms in total. The van der Waals surface area contributed by atoms with Crippen LogP contribution < -0.4 is 16.0 Å². The molecule has 0 atom stereocenters. The fourth-order valence-electron chi connectivity index (χ4n) is 1.73. The van der Waals surface area contributed by atoms with Crippen LogP contribution >= 0.6 is 0 Å². The number of amides is 3. The molecule has 1 aromatic heterocycles. The van der Waals surface area contributed by atoms with Gasteiger partial charge in [0, 0.05) is 24.5 Å². The van der Waals surface area contributed by atoms with E-state index in [0.717, 1.165) is 5.69 Å². The second-order valence-corrected chi connectivity index (χ2v) is 4.39. The highest BCUT2D eigenvalue weighted by molar-refractivity contribution is 5.92. The van der Waals surface area contributed by atoms with Crippen molar-refractivity contribution in [3.05, 3.63) is 54.4 Å². The molecule has 0 aliphatic rings. The minimum atomic E-state index is -0.333. The second kappa shape index (κ2) is 7.04. The summed E-state index contributed by atoms with van der Waals surface area (Å²) in [6.07, 6.45) is 1.67. The van der Waals surface area contributed by atoms with Crippen LogP contribution in [0, 0.1) is 0 Å². The molecule has 1 aromatic carbocycles. The van der Waals surface area contributed by atoms with E-state index in [1.165, 1.54) is 6.92 Å². The van der Waals surface area contributed by atoms with Crippen LogP contribution in [0.5, 0.6) is 0 Å². The van der Waals surface area contributed by atoms with Gasteiger partial charge in [-0.05, 0) is 30.3 Å². The third-order valence-corrected chi connectivity index (χ3v) is 2.60. The van der Waals surface area contributed by atoms with E-state index in [9.17, 15) is 9.59 Å². The van der Waals surface area contributed by atoms with E-state index in [2.05, 4.69) is 20.9 Å². The Labute approximate surface area is 122 Å². The summed E-state index contributed by atoms with van der Waals surface area (Å²) >= 11 is 0. The van der Waals surface area contributed by atoms with E-state index >= 15 is 0 Å². The number of benzene rings is 1. The maximum atomic E-state index is 11.8. The van der Waals surface area contributed by atoms with Gasteiger partial charge in [-0.25, -0.2) is 4.79 Å². The van der Waals surface area contributed by atoms with E-state index in [4.69, 9.17) is 0 Å². The smallest absolute Gasteiger partial charge is 0.319 e. The van der Waals surface area contributed by atoms with E-state index in [0.29, 0.717) is 17.9 Å². The lowest BCUT2D eigenvalue weighted by Gasteiger charge is -2.09. The molecule has 1 heterocycles. The van der Waals surface area contributed by atoms with E-state index in [1.54, 1.807) is 30.5 Å². The van der Waals surface area contributed by atoms with Gasteiger partial charge < -0.3 is 16.0 Å². The van der Waals surface area contributed by atoms with Crippen LogP contribution in [0.3, 0.4) is 0 Å². The molecule has 3 amide bonds. The first-order valence-electron chi connectivity index (χ1n) is 6.46. The molecule has 0 saturated carbocycles. The molecule has 21 heavy (non-hydrogen) atoms. The van der Waals surface area contributed by atoms with Crippen LogP contribution in [0.2, 0.25) is 0 Å². The number of aromatic nitrogens is 1. The third-order valence-electron chi connectivity index (χ3n) is 2.60. The summed E-state index contributed by atoms with van der Waals surface area (Å²) in [5, 5.41) is 8.06. The van der Waals surface area contributed by atoms with Gasteiger partial charge in [-0.1, -0.05) is 12.1 Å². The molecule has 3 N–H and O–H groups in total. The standard InChI is InChI=1S/C15H16N4O2/c1-11(20)18-12-6-4-7-13(9-12)19-15(21)17-10-14-5-2-3-8-16-14/h2-9H,10H2,1H3,(H,18,20)(H2,17,19,21). The van der Waals surface area contributed by atoms with Gasteiger partial charge in [0.05, 0.1) is 12.2 Å². The summed E-state index contributed by atoms with van der Waals surface area (Å²) < 4.78 is 0. The van der Waals surface area contributed by atoms with E-state index < -0.39 is 0 Å². The van der Waals surface area contributed by atoms with Gasteiger partial charge in [0.2, 0.25) is 5.91 Å². The number of nitrogens with zero attached hydrogens (tertiary/aromatic N) is 1. The quantitative estimate of drug-likeness (QED) is 0.806. The van der Waals surface area contributed by atoms with Crippen molar-refractivity contribution in [1.82, 2.24) is 10.3 Å². The van der Waals surface area contributed by atoms with Crippen LogP contribution in [0.4, 0.5) is 16.2 Å². The summed E-state index contributed by atoms with van der Waals surface area (Å²) in [4.78, 5) is 26.9. The minimum absolute atomic E-state index is 0.160. The zero-order valence-corrected chi connectivity index (χ0v) is 11.6. The van der Waals surface area contributed by atoms with Gasteiger partial charge in [-0.3, -0.25) is 9.78 Å². The monoisotopic (exact) mass is 284 g/mol. The van der Waals surface area contributed by atoms with Gasteiger partial charge in [-0.2, -0.15) is 0 Å². The molecule has 0 saturated heterocycles. The van der Waals surface area contributed by atoms with Crippen molar-refractivity contribution >= 4 is 23.3 Å². The van der Waals surface area contributed by atoms with Crippen molar-refractivity contribution in [2.24, 2.45) is 0 Å². The van der Waals surface area contributed by atoms with Crippen LogP contribution in [0.25, 0.3) is 0 Å². The van der Waals surface area contributed by atoms with Crippen molar-refractivity contribution < 1.29 is 9.59 Å². The number of anilines is 2. The lowest BCUT2D eigenvalue weighted by Crippen LogP contribution is -2.28. The van der Waals surface area contributed by atoms with Crippen LogP contribution in [0.15, 0.2) is 48.7 Å². The Bertz CT molecular complexity index is 629. The predicted octanol–water partition coefficient (Wildman–Crippen LogP) is 2.36. The molecule has 6 heteroatoms. The van der Waals surface area contributed by atoms with Crippen molar-refractivity contribution in [3.63, 3.8) is 0 Å². The first-order chi connectivity index (χ1) is 10.1. The van der Waals surface area contributed by atoms with Crippen molar-refractivity contribution in [2.45, 2.75) is 13.5 Å². The number of carbonyl (C=O) groups excluding carboxylic acids is 2. The number of hydrogen-bond donors (Lipinski definition) is 3. The van der Waals surface area contributed by atoms with Crippen LogP contribution in [-0.2, 0) is 11.3 Å². The fourth-order valence-corrected chi connectivity index (χ4v) is 1.73. The molecular weight excluding hydrogens is 268 g/mol. The predicted molar refractivity (Wildman–Crippen MR) is 80.8 cm³/mol. The van der Waals surface area contributed by atoms with Crippen molar-refractivity contribution in [2.75, 3.05) is 10.6 Å². The topological polar surface area (TPSA) is 83.1 Å². The number of pyridine rings is 1. The lowest BCUT2D eigenvalue weighted by molar-refractivity contribution is -0.114. The van der Waals surface area contributed by atoms with Gasteiger partial charge >= 0.3 is 6.03 Å². The lowest BCUT2D eigenvalue weighted by atomic mass is 10.2. The Hall–Kier alpha value is -2.89. The molecule has 0 aliphatic carbocycles. The molecule has 0 aliphatic heterocycles. The molecule has 0 unspecified atom stereocenters. The number of carbonyl (C=O) groups is 2. The van der Waals surface area contributed by atoms with Crippen LogP contribution in [0.1, 0.15) is 12.6 Å². The maximum absolute atomic E-state index is 11.8. The summed E-state index contributed by atoms with van der Waals surface area (Å²) in [6, 6.07) is 12.1. The molecule has 2 aromatic rings. The number of urea groups is 1. The first-order valence-corrected chi connectivity index (χ1v) is 6.46. The van der Waals surface area contributed by atoms with Crippen molar-refractivity contribution in [1.29, 1.82) is 0 Å². The minimum Gasteiger partial charge on any atom is -0.332 e. The molecule has 0 spiro atoms. The first kappa shape index (κ1) is 14.5. The molecule has 2 rings (SSSR count). The van der Waals surface area contributed by atoms with Gasteiger partial charge in [0.15, 0.2) is 0 Å². The summed E-state index contributed by atoms with van der Waals surface area (Å²) in [7, 11) is 0. The normalized spacial score (nSPS) is 9.76. The largest absolute Gasteiger partial charge is 0.332 e. The van der Waals surface area contributed by atoms with Crippen LogP contribution in [-0.4, -0.2) is 16.9 Å². The number of rotatable bonds is 4. The molecular formula is C15H16N4O2. The van der Waals surface area contributed by atoms with Crippen molar-refractivity contribution in [3.8, 4) is 0 Å². The Morgan fingerprint density at radius 3 is 2.48 bits per heavy atom. The summed E-state index contributed by atoms with van der Waals surface area (Å²) in [5.41, 5.74) is 2.00. The fraction of sp³-hybridized carbons (Fsp3) is 0.133. The number of nitrogens with one attached hydrogen (secondary N) is 3. The Morgan fingerprint density at radius 1 is 1.05 bits per heavy atom.